The SMILES string of the molecule is O=C(C1CCN(c2ccnc(C3CC3)n2)C1)N1CCOCC1. The van der Waals surface area contributed by atoms with Crippen LogP contribution in [0.2, 0.25) is 0 Å². The minimum Gasteiger partial charge on any atom is -0.378 e. The molecular formula is C16H22N4O2. The highest BCUT2D eigenvalue weighted by Gasteiger charge is 2.33. The number of rotatable bonds is 3. The lowest BCUT2D eigenvalue weighted by Crippen LogP contribution is -2.44. The summed E-state index contributed by atoms with van der Waals surface area (Å²) in [4.78, 5) is 25.8. The zero-order valence-corrected chi connectivity index (χ0v) is 12.8. The van der Waals surface area contributed by atoms with Gasteiger partial charge in [-0.2, -0.15) is 0 Å². The molecule has 1 saturated carbocycles. The Morgan fingerprint density at radius 2 is 2.00 bits per heavy atom. The monoisotopic (exact) mass is 302 g/mol. The molecule has 1 amide bonds. The van der Waals surface area contributed by atoms with E-state index in [9.17, 15) is 4.79 Å². The Hall–Kier alpha value is -1.69. The minimum atomic E-state index is 0.0949. The molecule has 1 atom stereocenters. The summed E-state index contributed by atoms with van der Waals surface area (Å²) in [6.45, 7) is 4.47. The van der Waals surface area contributed by atoms with Crippen LogP contribution in [0.25, 0.3) is 0 Å². The molecule has 22 heavy (non-hydrogen) atoms. The molecule has 2 aliphatic heterocycles. The highest BCUT2D eigenvalue weighted by atomic mass is 16.5. The van der Waals surface area contributed by atoms with Gasteiger partial charge in [0, 0.05) is 38.3 Å². The third kappa shape index (κ3) is 2.79. The first-order chi connectivity index (χ1) is 10.8. The minimum absolute atomic E-state index is 0.0949. The van der Waals surface area contributed by atoms with Gasteiger partial charge in [-0.3, -0.25) is 4.79 Å². The topological polar surface area (TPSA) is 58.6 Å². The van der Waals surface area contributed by atoms with Crippen molar-refractivity contribution in [1.29, 1.82) is 0 Å². The van der Waals surface area contributed by atoms with E-state index in [0.717, 1.165) is 44.2 Å². The van der Waals surface area contributed by atoms with Crippen LogP contribution in [-0.4, -0.2) is 60.2 Å². The van der Waals surface area contributed by atoms with Gasteiger partial charge in [0.1, 0.15) is 11.6 Å². The van der Waals surface area contributed by atoms with Gasteiger partial charge < -0.3 is 14.5 Å². The van der Waals surface area contributed by atoms with Crippen LogP contribution in [0.15, 0.2) is 12.3 Å². The molecule has 6 nitrogen and oxygen atoms in total. The van der Waals surface area contributed by atoms with Crippen LogP contribution >= 0.6 is 0 Å². The van der Waals surface area contributed by atoms with E-state index in [0.29, 0.717) is 19.1 Å². The largest absolute Gasteiger partial charge is 0.378 e. The van der Waals surface area contributed by atoms with E-state index in [1.165, 1.54) is 12.8 Å². The average Bonchev–Trinajstić information content (AvgIpc) is 3.32. The fourth-order valence-corrected chi connectivity index (χ4v) is 3.29. The maximum Gasteiger partial charge on any atom is 0.227 e. The molecule has 1 aromatic rings. The summed E-state index contributed by atoms with van der Waals surface area (Å²) >= 11 is 0. The van der Waals surface area contributed by atoms with Gasteiger partial charge in [0.2, 0.25) is 5.91 Å². The van der Waals surface area contributed by atoms with Crippen molar-refractivity contribution < 1.29 is 9.53 Å². The molecule has 1 unspecified atom stereocenters. The Labute approximate surface area is 130 Å². The Morgan fingerprint density at radius 1 is 1.18 bits per heavy atom. The Kier molecular flexibility index (Phi) is 3.70. The lowest BCUT2D eigenvalue weighted by molar-refractivity contribution is -0.138. The van der Waals surface area contributed by atoms with Crippen molar-refractivity contribution in [2.45, 2.75) is 25.2 Å². The third-order valence-electron chi connectivity index (χ3n) is 4.79. The number of ether oxygens (including phenoxy) is 1. The number of nitrogens with zero attached hydrogens (tertiary/aromatic N) is 4. The lowest BCUT2D eigenvalue weighted by Gasteiger charge is -2.29. The van der Waals surface area contributed by atoms with Gasteiger partial charge in [-0.1, -0.05) is 0 Å². The molecule has 1 aromatic heterocycles. The van der Waals surface area contributed by atoms with Gasteiger partial charge in [0.15, 0.2) is 0 Å². The molecule has 6 heteroatoms. The van der Waals surface area contributed by atoms with E-state index < -0.39 is 0 Å². The fraction of sp³-hybridized carbons (Fsp3) is 0.688. The summed E-state index contributed by atoms with van der Waals surface area (Å²) in [5.41, 5.74) is 0. The Balaban J connectivity index is 1.41. The first-order valence-electron chi connectivity index (χ1n) is 8.25. The molecule has 3 fully saturated rings. The first-order valence-corrected chi connectivity index (χ1v) is 8.25. The number of amides is 1. The molecule has 0 N–H and O–H groups in total. The molecular weight excluding hydrogens is 280 g/mol. The van der Waals surface area contributed by atoms with Gasteiger partial charge in [-0.25, -0.2) is 9.97 Å². The van der Waals surface area contributed by atoms with Crippen molar-refractivity contribution in [3.63, 3.8) is 0 Å². The van der Waals surface area contributed by atoms with Gasteiger partial charge in [-0.05, 0) is 25.3 Å². The number of hydrogen-bond donors (Lipinski definition) is 0. The smallest absolute Gasteiger partial charge is 0.227 e. The van der Waals surface area contributed by atoms with E-state index in [4.69, 9.17) is 9.72 Å². The lowest BCUT2D eigenvalue weighted by atomic mass is 10.1. The van der Waals surface area contributed by atoms with E-state index in [-0.39, 0.29) is 11.8 Å². The Bertz CT molecular complexity index is 555. The summed E-state index contributed by atoms with van der Waals surface area (Å²) in [5, 5.41) is 0. The number of anilines is 1. The molecule has 3 heterocycles. The van der Waals surface area contributed by atoms with Crippen LogP contribution < -0.4 is 4.90 Å². The predicted molar refractivity (Wildman–Crippen MR) is 81.7 cm³/mol. The second-order valence-corrected chi connectivity index (χ2v) is 6.42. The van der Waals surface area contributed by atoms with Crippen molar-refractivity contribution in [3.8, 4) is 0 Å². The number of aromatic nitrogens is 2. The standard InChI is InChI=1S/C16H22N4O2/c21-16(19-7-9-22-10-8-19)13-4-6-20(11-13)14-3-5-17-15(18-14)12-1-2-12/h3,5,12-13H,1-2,4,6-11H2. The third-order valence-corrected chi connectivity index (χ3v) is 4.79. The van der Waals surface area contributed by atoms with E-state index in [2.05, 4.69) is 9.88 Å². The fourth-order valence-electron chi connectivity index (χ4n) is 3.29. The summed E-state index contributed by atoms with van der Waals surface area (Å²) in [5.74, 6) is 2.89. The molecule has 4 rings (SSSR count). The zero-order valence-electron chi connectivity index (χ0n) is 12.8. The highest BCUT2D eigenvalue weighted by molar-refractivity contribution is 5.80. The maximum atomic E-state index is 12.6. The summed E-state index contributed by atoms with van der Waals surface area (Å²) in [7, 11) is 0. The summed E-state index contributed by atoms with van der Waals surface area (Å²) in [6.07, 6.45) is 5.19. The summed E-state index contributed by atoms with van der Waals surface area (Å²) < 4.78 is 5.32. The second kappa shape index (κ2) is 5.83. The Morgan fingerprint density at radius 3 is 2.77 bits per heavy atom. The van der Waals surface area contributed by atoms with Crippen LogP contribution in [0.3, 0.4) is 0 Å². The van der Waals surface area contributed by atoms with Crippen molar-refractivity contribution in [2.75, 3.05) is 44.3 Å². The number of morpholine rings is 1. The van der Waals surface area contributed by atoms with Crippen molar-refractivity contribution >= 4 is 11.7 Å². The number of carbonyl (C=O) groups is 1. The molecule has 0 spiro atoms. The highest BCUT2D eigenvalue weighted by Crippen LogP contribution is 2.38. The van der Waals surface area contributed by atoms with Crippen LogP contribution in [0, 0.1) is 5.92 Å². The molecule has 0 aromatic carbocycles. The summed E-state index contributed by atoms with van der Waals surface area (Å²) in [6, 6.07) is 1.97. The van der Waals surface area contributed by atoms with E-state index in [1.54, 1.807) is 0 Å². The maximum absolute atomic E-state index is 12.6. The van der Waals surface area contributed by atoms with Gasteiger partial charge >= 0.3 is 0 Å². The van der Waals surface area contributed by atoms with Crippen LogP contribution in [-0.2, 0) is 9.53 Å². The van der Waals surface area contributed by atoms with Gasteiger partial charge in [0.25, 0.3) is 0 Å². The van der Waals surface area contributed by atoms with Crippen LogP contribution in [0.1, 0.15) is 31.0 Å². The van der Waals surface area contributed by atoms with Crippen molar-refractivity contribution in [1.82, 2.24) is 14.9 Å². The zero-order chi connectivity index (χ0) is 14.9. The van der Waals surface area contributed by atoms with Crippen molar-refractivity contribution in [2.24, 2.45) is 5.92 Å². The molecule has 0 radical (unpaired) electrons. The van der Waals surface area contributed by atoms with E-state index in [1.807, 2.05) is 17.2 Å². The average molecular weight is 302 g/mol. The second-order valence-electron chi connectivity index (χ2n) is 6.42. The predicted octanol–water partition coefficient (Wildman–Crippen LogP) is 1.04. The first kappa shape index (κ1) is 13.9. The molecule has 0 bridgehead atoms. The molecule has 3 aliphatic rings. The van der Waals surface area contributed by atoms with Crippen LogP contribution in [0.4, 0.5) is 5.82 Å². The number of hydrogen-bond acceptors (Lipinski definition) is 5. The quantitative estimate of drug-likeness (QED) is 0.835. The van der Waals surface area contributed by atoms with Gasteiger partial charge in [-0.15, -0.1) is 0 Å². The van der Waals surface area contributed by atoms with Gasteiger partial charge in [0.05, 0.1) is 19.1 Å². The molecule has 2 saturated heterocycles. The number of carbonyl (C=O) groups excluding carboxylic acids is 1. The van der Waals surface area contributed by atoms with Crippen LogP contribution in [0.5, 0.6) is 0 Å². The van der Waals surface area contributed by atoms with E-state index >= 15 is 0 Å². The van der Waals surface area contributed by atoms with Crippen molar-refractivity contribution in [3.05, 3.63) is 18.1 Å². The molecule has 1 aliphatic carbocycles. The normalized spacial score (nSPS) is 25.5. The molecule has 118 valence electrons.